The van der Waals surface area contributed by atoms with Crippen molar-refractivity contribution in [1.82, 2.24) is 4.90 Å². The van der Waals surface area contributed by atoms with Crippen LogP contribution in [0.15, 0.2) is 18.2 Å². The van der Waals surface area contributed by atoms with Crippen molar-refractivity contribution in [3.63, 3.8) is 0 Å². The van der Waals surface area contributed by atoms with E-state index in [1.807, 2.05) is 0 Å². The quantitative estimate of drug-likeness (QED) is 0.933. The molecule has 2 saturated carbocycles. The Hall–Kier alpha value is -1.62. The second-order valence-electron chi connectivity index (χ2n) is 6.54. The molecule has 120 valence electrons. The topological polar surface area (TPSA) is 49.8 Å². The van der Waals surface area contributed by atoms with Crippen LogP contribution in [0.1, 0.15) is 36.0 Å². The molecule has 2 aliphatic carbocycles. The zero-order valence-electron chi connectivity index (χ0n) is 13.0. The Morgan fingerprint density at radius 2 is 1.91 bits per heavy atom. The summed E-state index contributed by atoms with van der Waals surface area (Å²) in [5.74, 6) is 0.495. The highest BCUT2D eigenvalue weighted by Crippen LogP contribution is 2.45. The zero-order valence-corrected chi connectivity index (χ0v) is 13.0. The van der Waals surface area contributed by atoms with Gasteiger partial charge in [-0.15, -0.1) is 0 Å². The number of benzene rings is 1. The highest BCUT2D eigenvalue weighted by Gasteiger charge is 2.43. The molecule has 4 atom stereocenters. The fourth-order valence-electron chi connectivity index (χ4n) is 4.04. The van der Waals surface area contributed by atoms with Crippen LogP contribution in [0, 0.1) is 17.7 Å². The number of ether oxygens (including phenoxy) is 1. The second-order valence-corrected chi connectivity index (χ2v) is 6.54. The van der Waals surface area contributed by atoms with Crippen molar-refractivity contribution in [2.24, 2.45) is 11.8 Å². The first-order chi connectivity index (χ1) is 10.5. The van der Waals surface area contributed by atoms with Gasteiger partial charge in [0.2, 0.25) is 0 Å². The van der Waals surface area contributed by atoms with Gasteiger partial charge in [0.1, 0.15) is 0 Å². The summed E-state index contributed by atoms with van der Waals surface area (Å²) in [5, 5.41) is 9.69. The van der Waals surface area contributed by atoms with Crippen LogP contribution in [0.5, 0.6) is 5.75 Å². The molecule has 2 unspecified atom stereocenters. The number of rotatable bonds is 3. The molecule has 0 radical (unpaired) electrons. The molecule has 1 amide bonds. The Balaban J connectivity index is 1.69. The third kappa shape index (κ3) is 2.70. The van der Waals surface area contributed by atoms with Crippen LogP contribution in [0.3, 0.4) is 0 Å². The van der Waals surface area contributed by atoms with E-state index < -0.39 is 5.82 Å². The van der Waals surface area contributed by atoms with Crippen LogP contribution in [0.4, 0.5) is 4.39 Å². The number of aliphatic hydroxyl groups is 1. The Morgan fingerprint density at radius 1 is 1.27 bits per heavy atom. The maximum atomic E-state index is 13.8. The molecule has 2 fully saturated rings. The molecule has 2 aliphatic rings. The third-order valence-electron chi connectivity index (χ3n) is 5.23. The van der Waals surface area contributed by atoms with Gasteiger partial charge in [-0.1, -0.05) is 0 Å². The molecule has 5 heteroatoms. The first-order valence-corrected chi connectivity index (χ1v) is 7.78. The molecule has 0 aliphatic heterocycles. The summed E-state index contributed by atoms with van der Waals surface area (Å²) in [4.78, 5) is 14.3. The maximum Gasteiger partial charge on any atom is 0.253 e. The first-order valence-electron chi connectivity index (χ1n) is 7.78. The predicted molar refractivity (Wildman–Crippen MR) is 80.3 cm³/mol. The molecular weight excluding hydrogens is 285 g/mol. The van der Waals surface area contributed by atoms with Crippen LogP contribution in [0.2, 0.25) is 0 Å². The molecule has 0 aromatic heterocycles. The summed E-state index contributed by atoms with van der Waals surface area (Å²) in [6.07, 6.45) is 3.39. The zero-order chi connectivity index (χ0) is 15.9. The molecule has 1 N–H and O–H groups in total. The molecule has 0 bridgehead atoms. The molecule has 0 heterocycles. The number of halogens is 1. The van der Waals surface area contributed by atoms with Crippen molar-refractivity contribution in [2.45, 2.75) is 37.8 Å². The van der Waals surface area contributed by atoms with Crippen LogP contribution >= 0.6 is 0 Å². The van der Waals surface area contributed by atoms with E-state index in [9.17, 15) is 14.3 Å². The monoisotopic (exact) mass is 307 g/mol. The molecule has 22 heavy (non-hydrogen) atoms. The van der Waals surface area contributed by atoms with E-state index in [1.165, 1.54) is 19.2 Å². The van der Waals surface area contributed by atoms with Gasteiger partial charge < -0.3 is 14.7 Å². The van der Waals surface area contributed by atoms with E-state index in [4.69, 9.17) is 4.74 Å². The van der Waals surface area contributed by atoms with E-state index in [0.717, 1.165) is 25.7 Å². The maximum absolute atomic E-state index is 13.8. The van der Waals surface area contributed by atoms with Crippen molar-refractivity contribution in [3.05, 3.63) is 29.6 Å². The van der Waals surface area contributed by atoms with Gasteiger partial charge in [0.05, 0.1) is 13.2 Å². The fourth-order valence-corrected chi connectivity index (χ4v) is 4.04. The summed E-state index contributed by atoms with van der Waals surface area (Å²) in [6, 6.07) is 4.49. The van der Waals surface area contributed by atoms with E-state index in [0.29, 0.717) is 17.4 Å². The average Bonchev–Trinajstić information content (AvgIpc) is 3.02. The highest BCUT2D eigenvalue weighted by molar-refractivity contribution is 5.94. The van der Waals surface area contributed by atoms with Crippen LogP contribution in [0.25, 0.3) is 0 Å². The Bertz CT molecular complexity index is 563. The smallest absolute Gasteiger partial charge is 0.253 e. The molecular formula is C17H22FNO3. The number of nitrogens with zero attached hydrogens (tertiary/aromatic N) is 1. The number of hydrogen-bond acceptors (Lipinski definition) is 3. The van der Waals surface area contributed by atoms with E-state index >= 15 is 0 Å². The SMILES string of the molecule is COc1ccc(C(=O)N(C)C2C[C@H]3CC(O)C[C@H]3C2)cc1F. The van der Waals surface area contributed by atoms with Crippen LogP contribution in [-0.4, -0.2) is 42.2 Å². The summed E-state index contributed by atoms with van der Waals surface area (Å²) in [6.45, 7) is 0. The lowest BCUT2D eigenvalue weighted by atomic mass is 10.0. The van der Waals surface area contributed by atoms with Gasteiger partial charge in [-0.2, -0.15) is 0 Å². The number of aliphatic hydroxyl groups excluding tert-OH is 1. The largest absolute Gasteiger partial charge is 0.494 e. The Labute approximate surface area is 129 Å². The van der Waals surface area contributed by atoms with Gasteiger partial charge in [-0.25, -0.2) is 4.39 Å². The van der Waals surface area contributed by atoms with Gasteiger partial charge in [0.15, 0.2) is 11.6 Å². The normalized spacial score (nSPS) is 30.2. The number of methoxy groups -OCH3 is 1. The molecule has 0 spiro atoms. The minimum atomic E-state index is -0.520. The average molecular weight is 307 g/mol. The molecule has 1 aromatic carbocycles. The van der Waals surface area contributed by atoms with Gasteiger partial charge in [0, 0.05) is 18.7 Å². The van der Waals surface area contributed by atoms with Crippen molar-refractivity contribution in [1.29, 1.82) is 0 Å². The lowest BCUT2D eigenvalue weighted by Gasteiger charge is -2.26. The Morgan fingerprint density at radius 3 is 2.45 bits per heavy atom. The van der Waals surface area contributed by atoms with E-state index in [1.54, 1.807) is 18.0 Å². The van der Waals surface area contributed by atoms with Gasteiger partial charge in [-0.05, 0) is 55.7 Å². The molecule has 4 nitrogen and oxygen atoms in total. The number of carbonyl (C=O) groups is 1. The van der Waals surface area contributed by atoms with Crippen molar-refractivity contribution in [3.8, 4) is 5.75 Å². The lowest BCUT2D eigenvalue weighted by molar-refractivity contribution is 0.0721. The number of carbonyl (C=O) groups excluding carboxylic acids is 1. The highest BCUT2D eigenvalue weighted by atomic mass is 19.1. The third-order valence-corrected chi connectivity index (χ3v) is 5.23. The van der Waals surface area contributed by atoms with Crippen molar-refractivity contribution in [2.75, 3.05) is 14.2 Å². The summed E-state index contributed by atoms with van der Waals surface area (Å²) in [5.41, 5.74) is 0.345. The number of amides is 1. The van der Waals surface area contributed by atoms with Gasteiger partial charge in [0.25, 0.3) is 5.91 Å². The Kier molecular flexibility index (Phi) is 4.08. The summed E-state index contributed by atoms with van der Waals surface area (Å²) < 4.78 is 18.6. The van der Waals surface area contributed by atoms with Crippen LogP contribution in [-0.2, 0) is 0 Å². The van der Waals surface area contributed by atoms with E-state index in [2.05, 4.69) is 0 Å². The second kappa shape index (κ2) is 5.88. The molecule has 1 aromatic rings. The molecule has 0 saturated heterocycles. The lowest BCUT2D eigenvalue weighted by Crippen LogP contribution is -2.36. The van der Waals surface area contributed by atoms with Crippen LogP contribution < -0.4 is 4.74 Å². The van der Waals surface area contributed by atoms with Crippen molar-refractivity contribution >= 4 is 5.91 Å². The predicted octanol–water partition coefficient (Wildman–Crippen LogP) is 2.46. The fraction of sp³-hybridized carbons (Fsp3) is 0.588. The minimum absolute atomic E-state index is 0.142. The standard InChI is InChI=1S/C17H22FNO3/c1-19(13-5-11-7-14(20)8-12(11)6-13)17(21)10-3-4-16(22-2)15(18)9-10/h3-4,9,11-14,20H,5-8H2,1-2H3/t11-,12+,13?,14?. The van der Waals surface area contributed by atoms with Crippen molar-refractivity contribution < 1.29 is 19.0 Å². The van der Waals surface area contributed by atoms with Gasteiger partial charge >= 0.3 is 0 Å². The number of fused-ring (bicyclic) bond motifs is 1. The molecule has 3 rings (SSSR count). The van der Waals surface area contributed by atoms with E-state index in [-0.39, 0.29) is 23.8 Å². The minimum Gasteiger partial charge on any atom is -0.494 e. The summed E-state index contributed by atoms with van der Waals surface area (Å²) >= 11 is 0. The van der Waals surface area contributed by atoms with Gasteiger partial charge in [-0.3, -0.25) is 4.79 Å². The number of hydrogen-bond donors (Lipinski definition) is 1. The first kappa shape index (κ1) is 15.3. The summed E-state index contributed by atoms with van der Waals surface area (Å²) in [7, 11) is 3.18.